The molecule has 2 rings (SSSR count). The molecule has 1 heterocycles. The summed E-state index contributed by atoms with van der Waals surface area (Å²) >= 11 is 0. The predicted octanol–water partition coefficient (Wildman–Crippen LogP) is 1.01. The molecule has 5 nitrogen and oxygen atoms in total. The summed E-state index contributed by atoms with van der Waals surface area (Å²) in [7, 11) is 0. The minimum atomic E-state index is 0.158. The number of aliphatic hydroxyl groups is 1. The van der Waals surface area contributed by atoms with Gasteiger partial charge >= 0.3 is 0 Å². The Bertz CT molecular complexity index is 486. The summed E-state index contributed by atoms with van der Waals surface area (Å²) in [4.78, 5) is 8.29. The van der Waals surface area contributed by atoms with Crippen LogP contribution in [0.4, 0.5) is 11.8 Å². The normalized spacial score (nSPS) is 10.6. The van der Waals surface area contributed by atoms with Crippen LogP contribution in [0.5, 0.6) is 0 Å². The number of para-hydroxylation sites is 1. The van der Waals surface area contributed by atoms with E-state index in [2.05, 4.69) is 15.3 Å². The molecule has 4 N–H and O–H groups in total. The molecule has 0 saturated heterocycles. The smallest absolute Gasteiger partial charge is 0.222 e. The van der Waals surface area contributed by atoms with Crippen molar-refractivity contribution in [3.8, 4) is 0 Å². The fourth-order valence-corrected chi connectivity index (χ4v) is 1.52. The van der Waals surface area contributed by atoms with Crippen molar-refractivity contribution >= 4 is 22.7 Å². The van der Waals surface area contributed by atoms with Crippen molar-refractivity contribution in [3.05, 3.63) is 24.3 Å². The van der Waals surface area contributed by atoms with Gasteiger partial charge < -0.3 is 16.2 Å². The first kappa shape index (κ1) is 10.6. The van der Waals surface area contributed by atoms with Crippen molar-refractivity contribution in [2.45, 2.75) is 6.42 Å². The molecule has 5 heteroatoms. The van der Waals surface area contributed by atoms with Gasteiger partial charge in [0.2, 0.25) is 5.95 Å². The average Bonchev–Trinajstić information content (AvgIpc) is 2.29. The number of fused-ring (bicyclic) bond motifs is 1. The Morgan fingerprint density at radius 3 is 2.88 bits per heavy atom. The summed E-state index contributed by atoms with van der Waals surface area (Å²) in [5.74, 6) is 0.974. The van der Waals surface area contributed by atoms with Crippen molar-refractivity contribution in [1.82, 2.24) is 9.97 Å². The van der Waals surface area contributed by atoms with E-state index in [0.717, 1.165) is 16.7 Å². The van der Waals surface area contributed by atoms with Crippen LogP contribution in [0.3, 0.4) is 0 Å². The van der Waals surface area contributed by atoms with E-state index in [1.54, 1.807) is 0 Å². The maximum atomic E-state index is 8.71. The van der Waals surface area contributed by atoms with Gasteiger partial charge in [0, 0.05) is 18.5 Å². The zero-order chi connectivity index (χ0) is 11.4. The van der Waals surface area contributed by atoms with Crippen molar-refractivity contribution in [2.24, 2.45) is 0 Å². The number of nitrogens with two attached hydrogens (primary N) is 1. The van der Waals surface area contributed by atoms with E-state index in [0.29, 0.717) is 13.0 Å². The molecular formula is C11H14N4O. The quantitative estimate of drug-likeness (QED) is 0.667. The number of nitrogens with one attached hydrogen (secondary N) is 1. The molecule has 0 saturated carbocycles. The zero-order valence-electron chi connectivity index (χ0n) is 8.85. The van der Waals surface area contributed by atoms with E-state index in [-0.39, 0.29) is 12.6 Å². The number of nitrogen functional groups attached to an aromatic ring is 1. The Morgan fingerprint density at radius 2 is 2.06 bits per heavy atom. The first-order valence-electron chi connectivity index (χ1n) is 5.18. The van der Waals surface area contributed by atoms with Gasteiger partial charge in [0.15, 0.2) is 0 Å². The number of rotatable bonds is 4. The van der Waals surface area contributed by atoms with Crippen LogP contribution in [0.2, 0.25) is 0 Å². The number of aromatic nitrogens is 2. The highest BCUT2D eigenvalue weighted by Crippen LogP contribution is 2.20. The molecule has 0 fully saturated rings. The fourth-order valence-electron chi connectivity index (χ4n) is 1.52. The van der Waals surface area contributed by atoms with Gasteiger partial charge in [0.05, 0.1) is 5.52 Å². The zero-order valence-corrected chi connectivity index (χ0v) is 8.85. The third kappa shape index (κ3) is 2.20. The summed E-state index contributed by atoms with van der Waals surface area (Å²) in [5, 5.41) is 12.8. The fraction of sp³-hybridized carbons (Fsp3) is 0.273. The molecule has 0 radical (unpaired) electrons. The van der Waals surface area contributed by atoms with Gasteiger partial charge in [0.25, 0.3) is 0 Å². The summed E-state index contributed by atoms with van der Waals surface area (Å²) < 4.78 is 0. The highest BCUT2D eigenvalue weighted by molar-refractivity contribution is 5.89. The Labute approximate surface area is 93.3 Å². The standard InChI is InChI=1S/C11H14N4O/c12-11-14-9-5-2-1-4-8(9)10(15-11)13-6-3-7-16/h1-2,4-5,16H,3,6-7H2,(H3,12,13,14,15). The van der Waals surface area contributed by atoms with Gasteiger partial charge in [0.1, 0.15) is 5.82 Å². The van der Waals surface area contributed by atoms with Gasteiger partial charge in [-0.2, -0.15) is 4.98 Å². The van der Waals surface area contributed by atoms with Crippen LogP contribution in [-0.4, -0.2) is 28.2 Å². The van der Waals surface area contributed by atoms with Gasteiger partial charge in [-0.25, -0.2) is 4.98 Å². The molecule has 0 aliphatic carbocycles. The number of hydrogen-bond donors (Lipinski definition) is 3. The van der Waals surface area contributed by atoms with Crippen LogP contribution < -0.4 is 11.1 Å². The molecule has 0 atom stereocenters. The lowest BCUT2D eigenvalue weighted by Gasteiger charge is -2.08. The van der Waals surface area contributed by atoms with E-state index in [1.807, 2.05) is 24.3 Å². The van der Waals surface area contributed by atoms with E-state index in [4.69, 9.17) is 10.8 Å². The second kappa shape index (κ2) is 4.76. The van der Waals surface area contributed by atoms with Crippen molar-refractivity contribution in [3.63, 3.8) is 0 Å². The molecule has 2 aromatic rings. The van der Waals surface area contributed by atoms with Crippen LogP contribution in [0.1, 0.15) is 6.42 Å². The average molecular weight is 218 g/mol. The largest absolute Gasteiger partial charge is 0.396 e. The highest BCUT2D eigenvalue weighted by atomic mass is 16.3. The van der Waals surface area contributed by atoms with Gasteiger partial charge in [-0.15, -0.1) is 0 Å². The number of aliphatic hydroxyl groups excluding tert-OH is 1. The Kier molecular flexibility index (Phi) is 3.16. The van der Waals surface area contributed by atoms with Gasteiger partial charge in [-0.3, -0.25) is 0 Å². The van der Waals surface area contributed by atoms with Crippen LogP contribution in [0, 0.1) is 0 Å². The van der Waals surface area contributed by atoms with Crippen molar-refractivity contribution in [2.75, 3.05) is 24.2 Å². The van der Waals surface area contributed by atoms with Crippen molar-refractivity contribution < 1.29 is 5.11 Å². The first-order chi connectivity index (χ1) is 7.81. The summed E-state index contributed by atoms with van der Waals surface area (Å²) in [6.07, 6.45) is 0.679. The molecule has 0 unspecified atom stereocenters. The number of anilines is 2. The van der Waals surface area contributed by atoms with E-state index < -0.39 is 0 Å². The van der Waals surface area contributed by atoms with Crippen LogP contribution in [0.15, 0.2) is 24.3 Å². The lowest BCUT2D eigenvalue weighted by molar-refractivity contribution is 0.292. The topological polar surface area (TPSA) is 84.1 Å². The van der Waals surface area contributed by atoms with Crippen LogP contribution in [0.25, 0.3) is 10.9 Å². The molecule has 0 amide bonds. The van der Waals surface area contributed by atoms with Crippen LogP contribution >= 0.6 is 0 Å². The monoisotopic (exact) mass is 218 g/mol. The lowest BCUT2D eigenvalue weighted by atomic mass is 10.2. The van der Waals surface area contributed by atoms with Gasteiger partial charge in [-0.05, 0) is 18.6 Å². The lowest BCUT2D eigenvalue weighted by Crippen LogP contribution is -2.07. The minimum Gasteiger partial charge on any atom is -0.396 e. The minimum absolute atomic E-state index is 0.158. The molecular weight excluding hydrogens is 204 g/mol. The Balaban J connectivity index is 2.34. The number of nitrogens with zero attached hydrogens (tertiary/aromatic N) is 2. The molecule has 0 aliphatic rings. The third-order valence-corrected chi connectivity index (χ3v) is 2.25. The molecule has 16 heavy (non-hydrogen) atoms. The van der Waals surface area contributed by atoms with Crippen LogP contribution in [-0.2, 0) is 0 Å². The second-order valence-electron chi connectivity index (χ2n) is 3.45. The van der Waals surface area contributed by atoms with E-state index >= 15 is 0 Å². The Morgan fingerprint density at radius 1 is 1.25 bits per heavy atom. The van der Waals surface area contributed by atoms with Crippen molar-refractivity contribution in [1.29, 1.82) is 0 Å². The molecule has 1 aromatic carbocycles. The Hall–Kier alpha value is -1.88. The maximum Gasteiger partial charge on any atom is 0.222 e. The molecule has 0 spiro atoms. The number of hydrogen-bond acceptors (Lipinski definition) is 5. The SMILES string of the molecule is Nc1nc(NCCCO)c2ccccc2n1. The molecule has 0 aliphatic heterocycles. The molecule has 84 valence electrons. The summed E-state index contributed by atoms with van der Waals surface area (Å²) in [6, 6.07) is 7.67. The molecule has 1 aromatic heterocycles. The summed E-state index contributed by atoms with van der Waals surface area (Å²) in [5.41, 5.74) is 6.44. The summed E-state index contributed by atoms with van der Waals surface area (Å²) in [6.45, 7) is 0.822. The predicted molar refractivity (Wildman–Crippen MR) is 64.1 cm³/mol. The van der Waals surface area contributed by atoms with Gasteiger partial charge in [-0.1, -0.05) is 12.1 Å². The number of benzene rings is 1. The molecule has 0 bridgehead atoms. The van der Waals surface area contributed by atoms with E-state index in [9.17, 15) is 0 Å². The maximum absolute atomic E-state index is 8.71. The highest BCUT2D eigenvalue weighted by Gasteiger charge is 2.04. The van der Waals surface area contributed by atoms with E-state index in [1.165, 1.54) is 0 Å². The third-order valence-electron chi connectivity index (χ3n) is 2.25. The second-order valence-corrected chi connectivity index (χ2v) is 3.45. The first-order valence-corrected chi connectivity index (χ1v) is 5.18.